The lowest BCUT2D eigenvalue weighted by atomic mass is 9.81. The number of halogens is 6. The Morgan fingerprint density at radius 3 is 1.66 bits per heavy atom. The molecule has 0 saturated heterocycles. The van der Waals surface area contributed by atoms with Crippen LogP contribution in [0.2, 0.25) is 0 Å². The average molecular weight is 795 g/mol. The summed E-state index contributed by atoms with van der Waals surface area (Å²) in [7, 11) is 4.90. The summed E-state index contributed by atoms with van der Waals surface area (Å²) in [6, 6.07) is 13.9. The van der Waals surface area contributed by atoms with Crippen LogP contribution < -0.4 is 32.8 Å². The van der Waals surface area contributed by atoms with Crippen molar-refractivity contribution in [3.63, 3.8) is 0 Å². The van der Waals surface area contributed by atoms with Crippen LogP contribution in [-0.2, 0) is 33.1 Å². The number of nitrogens with two attached hydrogens (primary N) is 1. The molecule has 12 nitrogen and oxygen atoms in total. The van der Waals surface area contributed by atoms with E-state index in [0.717, 1.165) is 22.3 Å². The van der Waals surface area contributed by atoms with Gasteiger partial charge in [-0.05, 0) is 85.3 Å². The van der Waals surface area contributed by atoms with Crippen molar-refractivity contribution in [2.75, 3.05) is 55.1 Å². The number of amides is 1. The van der Waals surface area contributed by atoms with Gasteiger partial charge in [0.25, 0.3) is 11.1 Å². The molecular weight excluding hydrogens is 750 g/mol. The highest BCUT2D eigenvalue weighted by molar-refractivity contribution is 5.97. The molecule has 0 aliphatic heterocycles. The number of anilines is 4. The quantitative estimate of drug-likeness (QED) is 0.0670. The molecule has 2 heterocycles. The Hall–Kier alpha value is -5.33. The van der Waals surface area contributed by atoms with Crippen molar-refractivity contribution in [3.05, 3.63) is 92.8 Å². The van der Waals surface area contributed by atoms with E-state index in [1.54, 1.807) is 96.0 Å². The van der Waals surface area contributed by atoms with E-state index in [1.807, 2.05) is 0 Å². The average Bonchev–Trinajstić information content (AvgIpc) is 3.09. The zero-order chi connectivity index (χ0) is 41.4. The number of nitrogens with one attached hydrogen (secondary N) is 3. The first-order valence-electron chi connectivity index (χ1n) is 17.4. The maximum atomic E-state index is 12.5. The molecule has 0 spiro atoms. The van der Waals surface area contributed by atoms with E-state index in [0.29, 0.717) is 46.7 Å². The second kappa shape index (κ2) is 18.5. The first kappa shape index (κ1) is 43.4. The molecule has 2 aromatic carbocycles. The second-order valence-electron chi connectivity index (χ2n) is 13.2. The van der Waals surface area contributed by atoms with Crippen LogP contribution >= 0.6 is 0 Å². The summed E-state index contributed by atoms with van der Waals surface area (Å²) >= 11 is 0. The van der Waals surface area contributed by atoms with Gasteiger partial charge in [-0.15, -0.1) is 26.3 Å². The maximum absolute atomic E-state index is 12.5. The van der Waals surface area contributed by atoms with Crippen molar-refractivity contribution in [3.8, 4) is 22.3 Å². The van der Waals surface area contributed by atoms with E-state index < -0.39 is 25.9 Å². The summed E-state index contributed by atoms with van der Waals surface area (Å²) in [5, 5.41) is 8.57. The molecule has 1 aliphatic rings. The highest BCUT2D eigenvalue weighted by atomic mass is 19.4. The topological polar surface area (TPSA) is 151 Å². The first-order chi connectivity index (χ1) is 26.2. The van der Waals surface area contributed by atoms with E-state index >= 15 is 0 Å². The Morgan fingerprint density at radius 2 is 1.20 bits per heavy atom. The molecule has 56 heavy (non-hydrogen) atoms. The number of aromatic nitrogens is 2. The highest BCUT2D eigenvalue weighted by Crippen LogP contribution is 2.34. The first-order valence-corrected chi connectivity index (χ1v) is 17.4. The Kier molecular flexibility index (Phi) is 14.4. The Bertz CT molecular complexity index is 2060. The molecule has 0 atom stereocenters. The number of alkyl halides is 6. The van der Waals surface area contributed by atoms with E-state index in [2.05, 4.69) is 25.4 Å². The number of carbonyl (C=O) groups is 1. The summed E-state index contributed by atoms with van der Waals surface area (Å²) in [5.74, 6) is -0.342. The van der Waals surface area contributed by atoms with Crippen LogP contribution in [0, 0.1) is 19.8 Å². The third-order valence-corrected chi connectivity index (χ3v) is 8.89. The molecule has 2 aromatic heterocycles. The van der Waals surface area contributed by atoms with Gasteiger partial charge in [0, 0.05) is 63.7 Å². The van der Waals surface area contributed by atoms with Crippen molar-refractivity contribution in [2.24, 2.45) is 20.0 Å². The van der Waals surface area contributed by atoms with Gasteiger partial charge in [0.2, 0.25) is 5.91 Å². The predicted molar refractivity (Wildman–Crippen MR) is 201 cm³/mol. The molecule has 1 fully saturated rings. The molecule has 0 bridgehead atoms. The van der Waals surface area contributed by atoms with Gasteiger partial charge >= 0.3 is 12.7 Å². The number of benzene rings is 2. The van der Waals surface area contributed by atoms with Gasteiger partial charge in [-0.1, -0.05) is 12.1 Å². The van der Waals surface area contributed by atoms with E-state index in [4.69, 9.17) is 10.5 Å². The van der Waals surface area contributed by atoms with Gasteiger partial charge in [0.1, 0.15) is 0 Å². The van der Waals surface area contributed by atoms with Crippen molar-refractivity contribution in [1.29, 1.82) is 0 Å². The number of hydrogen-bond donors (Lipinski definition) is 4. The third kappa shape index (κ3) is 12.3. The zero-order valence-corrected chi connectivity index (χ0v) is 31.4. The molecular formula is C38H44F6N6O6. The van der Waals surface area contributed by atoms with Crippen LogP contribution in [0.5, 0.6) is 0 Å². The molecule has 1 amide bonds. The molecule has 1 aliphatic carbocycles. The van der Waals surface area contributed by atoms with Gasteiger partial charge in [-0.3, -0.25) is 23.9 Å². The van der Waals surface area contributed by atoms with Crippen LogP contribution in [0.4, 0.5) is 49.1 Å². The summed E-state index contributed by atoms with van der Waals surface area (Å²) in [4.78, 5) is 36.3. The predicted octanol–water partition coefficient (Wildman–Crippen LogP) is 6.56. The second-order valence-corrected chi connectivity index (χ2v) is 13.2. The van der Waals surface area contributed by atoms with Crippen LogP contribution in [0.25, 0.3) is 22.3 Å². The normalized spacial score (nSPS) is 15.3. The fraction of sp³-hybridized carbons (Fsp3) is 0.395. The minimum absolute atomic E-state index is 0.0422. The van der Waals surface area contributed by atoms with Crippen LogP contribution in [0.3, 0.4) is 0 Å². The number of carbonyl (C=O) groups excluding carboxylic acids is 1. The van der Waals surface area contributed by atoms with Gasteiger partial charge in [0.05, 0.1) is 42.1 Å². The Morgan fingerprint density at radius 1 is 0.732 bits per heavy atom. The molecule has 5 N–H and O–H groups in total. The summed E-state index contributed by atoms with van der Waals surface area (Å²) in [5.41, 5.74) is 11.7. The van der Waals surface area contributed by atoms with Crippen LogP contribution in [0.1, 0.15) is 24.0 Å². The molecule has 18 heteroatoms. The highest BCUT2D eigenvalue weighted by Gasteiger charge is 2.35. The summed E-state index contributed by atoms with van der Waals surface area (Å²) < 4.78 is 88.4. The molecule has 5 rings (SSSR count). The largest absolute Gasteiger partial charge is 0.522 e. The lowest BCUT2D eigenvalue weighted by Gasteiger charge is -2.33. The zero-order valence-electron chi connectivity index (χ0n) is 31.4. The molecule has 304 valence electrons. The lowest BCUT2D eigenvalue weighted by Crippen LogP contribution is -2.38. The van der Waals surface area contributed by atoms with E-state index in [-0.39, 0.29) is 42.1 Å². The molecule has 0 unspecified atom stereocenters. The van der Waals surface area contributed by atoms with Gasteiger partial charge in [0.15, 0.2) is 0 Å². The standard InChI is InChI=1S/C22H26F3N3O4.C16H18F3N3O2/c1-13-8-16(12-28(2)21(13)30)14-4-5-18(27-20(29)15-9-17(10-15)31-3)19(11-14)26-6-7-32-22(23,24)25;1-10-7-12(9-22(2)15(10)23)11-3-4-13(20)14(8-11)21-5-6-24-16(17,18)19/h4-5,8,11-12,15,17,26H,6-7,9-10H2,1-3H3,(H,27,29);3-4,7-9,21H,5-6,20H2,1-2H3. The van der Waals surface area contributed by atoms with Crippen molar-refractivity contribution >= 4 is 28.7 Å². The number of rotatable bonds is 13. The van der Waals surface area contributed by atoms with Crippen LogP contribution in [0.15, 0.2) is 70.5 Å². The molecule has 1 saturated carbocycles. The monoisotopic (exact) mass is 794 g/mol. The van der Waals surface area contributed by atoms with E-state index in [1.165, 1.54) is 9.13 Å². The Balaban J connectivity index is 0.000000259. The Labute approximate surface area is 318 Å². The maximum Gasteiger partial charge on any atom is 0.522 e. The molecule has 4 aromatic rings. The third-order valence-electron chi connectivity index (χ3n) is 8.89. The number of methoxy groups -OCH3 is 1. The summed E-state index contributed by atoms with van der Waals surface area (Å²) in [6.45, 7) is 2.16. The lowest BCUT2D eigenvalue weighted by molar-refractivity contribution is -0.323. The number of aryl methyl sites for hydroxylation is 4. The fourth-order valence-corrected chi connectivity index (χ4v) is 5.85. The van der Waals surface area contributed by atoms with Crippen LogP contribution in [-0.4, -0.2) is 67.3 Å². The van der Waals surface area contributed by atoms with Crippen molar-refractivity contribution in [1.82, 2.24) is 9.13 Å². The summed E-state index contributed by atoms with van der Waals surface area (Å²) in [6.07, 6.45) is -4.68. The number of ether oxygens (including phenoxy) is 3. The number of hydrogen-bond acceptors (Lipinski definition) is 9. The van der Waals surface area contributed by atoms with Gasteiger partial charge in [-0.25, -0.2) is 0 Å². The minimum Gasteiger partial charge on any atom is -0.397 e. The molecule has 0 radical (unpaired) electrons. The van der Waals surface area contributed by atoms with Gasteiger partial charge in [-0.2, -0.15) is 0 Å². The smallest absolute Gasteiger partial charge is 0.397 e. The SMILES string of the molecule is COC1CC(C(=O)Nc2ccc(-c3cc(C)c(=O)n(C)c3)cc2NCCOC(F)(F)F)C1.Cc1cc(-c2ccc(N)c(NCCOC(F)(F)F)c2)cn(C)c1=O. The van der Waals surface area contributed by atoms with Crippen molar-refractivity contribution in [2.45, 2.75) is 45.5 Å². The van der Waals surface area contributed by atoms with Crippen molar-refractivity contribution < 1.29 is 45.3 Å². The number of nitrogen functional groups attached to an aromatic ring is 1. The fourth-order valence-electron chi connectivity index (χ4n) is 5.85. The van der Waals surface area contributed by atoms with E-state index in [9.17, 15) is 40.7 Å². The number of nitrogens with zero attached hydrogens (tertiary/aromatic N) is 2. The minimum atomic E-state index is -4.71. The van der Waals surface area contributed by atoms with Gasteiger partial charge < -0.3 is 35.6 Å². The number of pyridine rings is 2.